The zero-order valence-electron chi connectivity index (χ0n) is 15.2. The van der Waals surface area contributed by atoms with Crippen molar-refractivity contribution in [1.29, 1.82) is 0 Å². The van der Waals surface area contributed by atoms with Crippen LogP contribution in [-0.2, 0) is 20.4 Å². The Hall–Kier alpha value is -0.0500. The first kappa shape index (κ1) is 22.2. The minimum atomic E-state index is -1.65. The fourth-order valence-corrected chi connectivity index (χ4v) is 23.4. The number of allylic oxidation sites excluding steroid dienone is 8. The van der Waals surface area contributed by atoms with Gasteiger partial charge in [-0.2, -0.15) is 0 Å². The zero-order chi connectivity index (χ0) is 16.7. The van der Waals surface area contributed by atoms with Crippen LogP contribution in [-0.4, -0.2) is 11.2 Å². The van der Waals surface area contributed by atoms with Crippen molar-refractivity contribution in [1.82, 2.24) is 0 Å². The predicted octanol–water partition coefficient (Wildman–Crippen LogP) is 0.150. The molecule has 26 heavy (non-hydrogen) atoms. The molecule has 3 aliphatic rings. The molecule has 4 rings (SSSR count). The van der Waals surface area contributed by atoms with E-state index in [2.05, 4.69) is 92.5 Å². The third-order valence-electron chi connectivity index (χ3n) is 4.92. The molecule has 1 aliphatic heterocycles. The molecule has 1 aromatic carbocycles. The fraction of sp³-hybridized carbons (Fsp3) is 0.238. The molecule has 0 saturated heterocycles. The van der Waals surface area contributed by atoms with E-state index in [0.29, 0.717) is 0 Å². The van der Waals surface area contributed by atoms with Crippen LogP contribution in [0.4, 0.5) is 0 Å². The van der Waals surface area contributed by atoms with Crippen molar-refractivity contribution in [2.45, 2.75) is 23.6 Å². The molecule has 0 unspecified atom stereocenters. The van der Waals surface area contributed by atoms with Crippen LogP contribution in [0.3, 0.4) is 0 Å². The Bertz CT molecular complexity index is 876. The van der Waals surface area contributed by atoms with Crippen LogP contribution < -0.4 is 24.8 Å². The van der Waals surface area contributed by atoms with Crippen molar-refractivity contribution in [3.63, 3.8) is 0 Å². The standard InChI is InChI=1S/C14H11S.C5H5.C2H6Si.2ClH.Zr/c1-10-7-8-13-14(10)12(9-15-13)11-5-3-2-4-6-11;1-2-4-5-3-1;1-3-2;;;/h2-7H,9H2,1H3;1-5H;1-2H3;2*1H;/q;;;;;+2/p-2. The molecular formula is C21H22Cl2SSiZr. The van der Waals surface area contributed by atoms with E-state index < -0.39 is 20.4 Å². The molecule has 0 aromatic heterocycles. The quantitative estimate of drug-likeness (QED) is 0.537. The largest absolute Gasteiger partial charge is 1.00 e. The summed E-state index contributed by atoms with van der Waals surface area (Å²) in [5.74, 6) is 1.14. The van der Waals surface area contributed by atoms with Gasteiger partial charge in [0.05, 0.1) is 0 Å². The van der Waals surface area contributed by atoms with E-state index in [4.69, 9.17) is 0 Å². The predicted molar refractivity (Wildman–Crippen MR) is 106 cm³/mol. The Kier molecular flexibility index (Phi) is 8.07. The second-order valence-corrected chi connectivity index (χ2v) is 25.3. The smallest absolute Gasteiger partial charge is 1.00 e. The molecule has 1 heterocycles. The van der Waals surface area contributed by atoms with Crippen LogP contribution >= 0.6 is 11.8 Å². The number of halogens is 2. The summed E-state index contributed by atoms with van der Waals surface area (Å²) in [6.07, 6.45) is 12.1. The van der Waals surface area contributed by atoms with Gasteiger partial charge in [-0.3, -0.25) is 0 Å². The van der Waals surface area contributed by atoms with Crippen LogP contribution in [0, 0.1) is 0 Å². The molecule has 0 nitrogen and oxygen atoms in total. The van der Waals surface area contributed by atoms with Gasteiger partial charge in [0.2, 0.25) is 0 Å². The maximum Gasteiger partial charge on any atom is -1.00 e. The summed E-state index contributed by atoms with van der Waals surface area (Å²) in [7, 11) is 0. The summed E-state index contributed by atoms with van der Waals surface area (Å²) in [6.45, 7) is 7.43. The normalized spacial score (nSPS) is 17.5. The van der Waals surface area contributed by atoms with E-state index in [1.807, 2.05) is 0 Å². The summed E-state index contributed by atoms with van der Waals surface area (Å²) < 4.78 is 2.59. The molecule has 0 saturated carbocycles. The third kappa shape index (κ3) is 4.03. The first-order valence-corrected chi connectivity index (χ1v) is 18.4. The van der Waals surface area contributed by atoms with Gasteiger partial charge in [-0.1, -0.05) is 0 Å². The van der Waals surface area contributed by atoms with E-state index in [9.17, 15) is 0 Å². The molecule has 134 valence electrons. The zero-order valence-corrected chi connectivity index (χ0v) is 21.0. The van der Waals surface area contributed by atoms with E-state index in [-0.39, 0.29) is 30.2 Å². The summed E-state index contributed by atoms with van der Waals surface area (Å²) in [5, 5.41) is 0. The van der Waals surface area contributed by atoms with Gasteiger partial charge in [-0.25, -0.2) is 0 Å². The van der Waals surface area contributed by atoms with E-state index in [1.54, 1.807) is 19.3 Å². The molecule has 0 spiro atoms. The minimum absolute atomic E-state index is 0. The molecule has 0 atom stereocenters. The number of rotatable bonds is 3. The Labute approximate surface area is 181 Å². The Morgan fingerprint density at radius 2 is 1.69 bits per heavy atom. The van der Waals surface area contributed by atoms with Crippen LogP contribution in [0.5, 0.6) is 0 Å². The summed E-state index contributed by atoms with van der Waals surface area (Å²) in [5.41, 5.74) is 5.83. The SMILES string of the molecule is CC1=C[C]([Zr+2]([CH]2C=CC=C2)=[Si](C)C)=C2SCC(c3ccccc3)=C12.[Cl-].[Cl-]. The minimum Gasteiger partial charge on any atom is -1.00 e. The van der Waals surface area contributed by atoms with Gasteiger partial charge in [0.15, 0.2) is 0 Å². The first-order chi connectivity index (χ1) is 11.7. The number of fused-ring (bicyclic) bond motifs is 1. The van der Waals surface area contributed by atoms with Gasteiger partial charge in [0.1, 0.15) is 0 Å². The molecule has 0 bridgehead atoms. The number of hydrogen-bond donors (Lipinski definition) is 0. The molecule has 0 amide bonds. The molecule has 2 aliphatic carbocycles. The van der Waals surface area contributed by atoms with Crippen molar-refractivity contribution in [3.05, 3.63) is 85.6 Å². The van der Waals surface area contributed by atoms with Gasteiger partial charge >= 0.3 is 158 Å². The second kappa shape index (κ2) is 9.43. The average molecular weight is 497 g/mol. The molecule has 5 heteroatoms. The summed E-state index contributed by atoms with van der Waals surface area (Å²) in [6, 6.07) is 11.0. The average Bonchev–Trinajstić information content (AvgIpc) is 3.29. The Balaban J connectivity index is 0.00000121. The van der Waals surface area contributed by atoms with E-state index >= 15 is 0 Å². The molecule has 1 aromatic rings. The van der Waals surface area contributed by atoms with Gasteiger partial charge in [0, 0.05) is 0 Å². The van der Waals surface area contributed by atoms with Crippen molar-refractivity contribution >= 4 is 22.8 Å². The maximum absolute atomic E-state index is 2.58. The number of thioether (sulfide) groups is 1. The van der Waals surface area contributed by atoms with Crippen molar-refractivity contribution in [3.8, 4) is 0 Å². The number of benzene rings is 1. The van der Waals surface area contributed by atoms with E-state index in [1.165, 1.54) is 11.1 Å². The van der Waals surface area contributed by atoms with Crippen LogP contribution in [0.15, 0.2) is 80.0 Å². The Morgan fingerprint density at radius 3 is 2.31 bits per heavy atom. The number of hydrogen-bond acceptors (Lipinski definition) is 1. The van der Waals surface area contributed by atoms with Crippen LogP contribution in [0.2, 0.25) is 16.7 Å². The molecule has 0 fully saturated rings. The Morgan fingerprint density at radius 1 is 1.04 bits per heavy atom. The van der Waals surface area contributed by atoms with Gasteiger partial charge in [-0.15, -0.1) is 0 Å². The monoisotopic (exact) mass is 494 g/mol. The molecule has 0 N–H and O–H groups in total. The van der Waals surface area contributed by atoms with Gasteiger partial charge < -0.3 is 24.8 Å². The third-order valence-corrected chi connectivity index (χ3v) is 24.1. The fourth-order valence-electron chi connectivity index (χ4n) is 3.88. The summed E-state index contributed by atoms with van der Waals surface area (Å²) >= 11 is 0.449. The van der Waals surface area contributed by atoms with E-state index in [0.717, 1.165) is 9.38 Å². The van der Waals surface area contributed by atoms with Crippen LogP contribution in [0.1, 0.15) is 12.5 Å². The second-order valence-electron chi connectivity index (χ2n) is 6.79. The van der Waals surface area contributed by atoms with Crippen molar-refractivity contribution < 1.29 is 45.2 Å². The maximum atomic E-state index is 2.58. The van der Waals surface area contributed by atoms with Crippen molar-refractivity contribution in [2.24, 2.45) is 0 Å². The van der Waals surface area contributed by atoms with Gasteiger partial charge in [0.25, 0.3) is 0 Å². The molecular weight excluding hydrogens is 475 g/mol. The topological polar surface area (TPSA) is 0 Å². The van der Waals surface area contributed by atoms with Gasteiger partial charge in [-0.05, 0) is 0 Å². The summed E-state index contributed by atoms with van der Waals surface area (Å²) in [4.78, 5) is 1.65. The van der Waals surface area contributed by atoms with Crippen LogP contribution in [0.25, 0.3) is 5.57 Å². The first-order valence-electron chi connectivity index (χ1n) is 8.54. The van der Waals surface area contributed by atoms with Crippen molar-refractivity contribution in [2.75, 3.05) is 5.75 Å². The molecule has 0 radical (unpaired) electrons.